The highest BCUT2D eigenvalue weighted by atomic mass is 32.1. The number of thiazole rings is 1. The Kier molecular flexibility index (Phi) is 4.92. The summed E-state index contributed by atoms with van der Waals surface area (Å²) in [6.45, 7) is 6.19. The summed E-state index contributed by atoms with van der Waals surface area (Å²) in [6, 6.07) is 4.62. The maximum Gasteiger partial charge on any atom is 0.335 e. The first-order valence-corrected chi connectivity index (χ1v) is 7.74. The Balaban J connectivity index is 2.00. The maximum atomic E-state index is 12.1. The van der Waals surface area contributed by atoms with Gasteiger partial charge in [0.2, 0.25) is 0 Å². The normalized spacial score (nSPS) is 10.5. The zero-order valence-corrected chi connectivity index (χ0v) is 13.6. The van der Waals surface area contributed by atoms with Gasteiger partial charge >= 0.3 is 5.97 Å². The number of hydrogen-bond donors (Lipinski definition) is 2. The van der Waals surface area contributed by atoms with Gasteiger partial charge in [0.25, 0.3) is 5.91 Å². The summed E-state index contributed by atoms with van der Waals surface area (Å²) in [5.74, 6) is -1.29. The third kappa shape index (κ3) is 3.92. The van der Waals surface area contributed by atoms with E-state index < -0.39 is 5.97 Å². The van der Waals surface area contributed by atoms with Gasteiger partial charge in [0.05, 0.1) is 16.3 Å². The van der Waals surface area contributed by atoms with Crippen molar-refractivity contribution < 1.29 is 14.7 Å². The molecule has 1 aromatic carbocycles. The average Bonchev–Trinajstić information content (AvgIpc) is 2.76. The lowest BCUT2D eigenvalue weighted by atomic mass is 10.1. The lowest BCUT2D eigenvalue weighted by Crippen LogP contribution is -2.26. The van der Waals surface area contributed by atoms with Gasteiger partial charge < -0.3 is 10.4 Å². The van der Waals surface area contributed by atoms with Crippen LogP contribution in [0.1, 0.15) is 41.9 Å². The number of carboxylic acids is 1. The fourth-order valence-electron chi connectivity index (χ4n) is 2.23. The van der Waals surface area contributed by atoms with E-state index in [1.165, 1.54) is 6.07 Å². The minimum absolute atomic E-state index is 0.124. The van der Waals surface area contributed by atoms with Crippen LogP contribution in [-0.2, 0) is 6.42 Å². The van der Waals surface area contributed by atoms with Crippen molar-refractivity contribution in [2.24, 2.45) is 0 Å². The Labute approximate surface area is 133 Å². The monoisotopic (exact) mass is 318 g/mol. The zero-order valence-electron chi connectivity index (χ0n) is 12.8. The molecule has 0 fully saturated rings. The molecule has 0 bridgehead atoms. The number of carboxylic acid groups (broad SMARTS) is 1. The molecule has 2 N–H and O–H groups in total. The summed E-state index contributed by atoms with van der Waals surface area (Å²) in [5.41, 5.74) is 2.24. The van der Waals surface area contributed by atoms with Crippen LogP contribution in [0.5, 0.6) is 0 Å². The van der Waals surface area contributed by atoms with E-state index in [1.807, 2.05) is 13.8 Å². The molecule has 1 heterocycles. The van der Waals surface area contributed by atoms with Gasteiger partial charge in [-0.3, -0.25) is 4.79 Å². The molecule has 0 aliphatic rings. The molecule has 2 rings (SSSR count). The second kappa shape index (κ2) is 6.70. The fourth-order valence-corrected chi connectivity index (χ4v) is 3.17. The molecule has 0 aliphatic heterocycles. The third-order valence-corrected chi connectivity index (χ3v) is 4.36. The van der Waals surface area contributed by atoms with Gasteiger partial charge in [0.1, 0.15) is 0 Å². The quantitative estimate of drug-likeness (QED) is 0.888. The number of benzene rings is 1. The van der Waals surface area contributed by atoms with Crippen LogP contribution in [0.25, 0.3) is 0 Å². The Morgan fingerprint density at radius 2 is 1.86 bits per heavy atom. The van der Waals surface area contributed by atoms with Crippen LogP contribution in [0.4, 0.5) is 0 Å². The summed E-state index contributed by atoms with van der Waals surface area (Å²) in [4.78, 5) is 28.7. The minimum Gasteiger partial charge on any atom is -0.478 e. The molecule has 22 heavy (non-hydrogen) atoms. The number of aromatic nitrogens is 1. The number of aryl methyl sites for hydroxylation is 3. The van der Waals surface area contributed by atoms with Crippen LogP contribution in [0.15, 0.2) is 18.2 Å². The highest BCUT2D eigenvalue weighted by Gasteiger charge is 2.11. The number of amides is 1. The van der Waals surface area contributed by atoms with E-state index in [0.29, 0.717) is 12.1 Å². The van der Waals surface area contributed by atoms with Gasteiger partial charge in [-0.15, -0.1) is 11.3 Å². The molecular weight excluding hydrogens is 300 g/mol. The van der Waals surface area contributed by atoms with Gasteiger partial charge in [-0.2, -0.15) is 0 Å². The molecule has 0 atom stereocenters. The van der Waals surface area contributed by atoms with Crippen molar-refractivity contribution in [3.63, 3.8) is 0 Å². The summed E-state index contributed by atoms with van der Waals surface area (Å²) < 4.78 is 0. The number of nitrogens with one attached hydrogen (secondary N) is 1. The van der Waals surface area contributed by atoms with E-state index in [4.69, 9.17) is 5.11 Å². The summed E-state index contributed by atoms with van der Waals surface area (Å²) in [7, 11) is 0. The van der Waals surface area contributed by atoms with Crippen molar-refractivity contribution >= 4 is 23.2 Å². The number of nitrogens with zero attached hydrogens (tertiary/aromatic N) is 1. The number of carbonyl (C=O) groups is 2. The average molecular weight is 318 g/mol. The number of aromatic carboxylic acids is 1. The zero-order chi connectivity index (χ0) is 16.3. The number of hydrogen-bond acceptors (Lipinski definition) is 4. The van der Waals surface area contributed by atoms with Crippen LogP contribution in [0, 0.1) is 20.8 Å². The van der Waals surface area contributed by atoms with Crippen molar-refractivity contribution in [2.45, 2.75) is 27.2 Å². The van der Waals surface area contributed by atoms with E-state index in [1.54, 1.807) is 30.4 Å². The molecule has 0 radical (unpaired) electrons. The second-order valence-electron chi connectivity index (χ2n) is 5.14. The molecule has 0 saturated heterocycles. The second-order valence-corrected chi connectivity index (χ2v) is 6.43. The highest BCUT2D eigenvalue weighted by Crippen LogP contribution is 2.17. The van der Waals surface area contributed by atoms with Crippen LogP contribution < -0.4 is 5.32 Å². The number of rotatable bonds is 5. The first-order valence-electron chi connectivity index (χ1n) is 6.93. The summed E-state index contributed by atoms with van der Waals surface area (Å²) >= 11 is 1.63. The molecule has 5 nitrogen and oxygen atoms in total. The van der Waals surface area contributed by atoms with E-state index in [9.17, 15) is 9.59 Å². The van der Waals surface area contributed by atoms with Crippen LogP contribution >= 0.6 is 11.3 Å². The predicted octanol–water partition coefficient (Wildman–Crippen LogP) is 2.74. The van der Waals surface area contributed by atoms with Crippen molar-refractivity contribution in [3.05, 3.63) is 50.5 Å². The summed E-state index contributed by atoms with van der Waals surface area (Å²) in [5, 5.41) is 12.9. The Morgan fingerprint density at radius 1 is 1.18 bits per heavy atom. The number of carbonyl (C=O) groups excluding carboxylic acids is 1. The minimum atomic E-state index is -1.03. The Bertz CT molecular complexity index is 722. The molecule has 6 heteroatoms. The lowest BCUT2D eigenvalue weighted by Gasteiger charge is -2.07. The van der Waals surface area contributed by atoms with E-state index in [0.717, 1.165) is 27.6 Å². The van der Waals surface area contributed by atoms with Gasteiger partial charge in [0, 0.05) is 23.4 Å². The van der Waals surface area contributed by atoms with Crippen LogP contribution in [0.3, 0.4) is 0 Å². The van der Waals surface area contributed by atoms with Crippen molar-refractivity contribution in [3.8, 4) is 0 Å². The first kappa shape index (κ1) is 16.2. The van der Waals surface area contributed by atoms with E-state index in [2.05, 4.69) is 10.3 Å². The molecule has 2 aromatic rings. The largest absolute Gasteiger partial charge is 0.478 e. The van der Waals surface area contributed by atoms with Gasteiger partial charge in [0.15, 0.2) is 0 Å². The molecule has 0 unspecified atom stereocenters. The molecule has 0 aliphatic carbocycles. The topological polar surface area (TPSA) is 79.3 Å². The van der Waals surface area contributed by atoms with E-state index in [-0.39, 0.29) is 11.5 Å². The first-order chi connectivity index (χ1) is 10.4. The molecule has 0 saturated carbocycles. The Morgan fingerprint density at radius 3 is 2.45 bits per heavy atom. The molecule has 1 aromatic heterocycles. The van der Waals surface area contributed by atoms with Crippen molar-refractivity contribution in [1.29, 1.82) is 0 Å². The van der Waals surface area contributed by atoms with Gasteiger partial charge in [-0.05, 0) is 44.5 Å². The van der Waals surface area contributed by atoms with Crippen molar-refractivity contribution in [1.82, 2.24) is 10.3 Å². The predicted molar refractivity (Wildman–Crippen MR) is 85.8 cm³/mol. The fraction of sp³-hybridized carbons (Fsp3) is 0.312. The molecule has 0 spiro atoms. The standard InChI is InChI=1S/C16H18N2O3S/c1-9-6-12(8-13(7-9)16(20)21)15(19)17-5-4-14-10(2)18-11(3)22-14/h6-8H,4-5H2,1-3H3,(H,17,19)(H,20,21). The van der Waals surface area contributed by atoms with Crippen molar-refractivity contribution in [2.75, 3.05) is 6.54 Å². The van der Waals surface area contributed by atoms with Crippen LogP contribution in [0.2, 0.25) is 0 Å². The van der Waals surface area contributed by atoms with Gasteiger partial charge in [-0.25, -0.2) is 9.78 Å². The lowest BCUT2D eigenvalue weighted by molar-refractivity contribution is 0.0696. The van der Waals surface area contributed by atoms with Gasteiger partial charge in [-0.1, -0.05) is 0 Å². The molecule has 116 valence electrons. The third-order valence-electron chi connectivity index (χ3n) is 3.22. The smallest absolute Gasteiger partial charge is 0.335 e. The maximum absolute atomic E-state index is 12.1. The molecular formula is C16H18N2O3S. The SMILES string of the molecule is Cc1cc(C(=O)O)cc(C(=O)NCCc2sc(C)nc2C)c1. The molecule has 1 amide bonds. The van der Waals surface area contributed by atoms with Crippen LogP contribution in [-0.4, -0.2) is 28.5 Å². The highest BCUT2D eigenvalue weighted by molar-refractivity contribution is 7.11. The Hall–Kier alpha value is -2.21. The summed E-state index contributed by atoms with van der Waals surface area (Å²) in [6.07, 6.45) is 0.723. The van der Waals surface area contributed by atoms with E-state index >= 15 is 0 Å².